The third-order valence-corrected chi connectivity index (χ3v) is 5.93. The Morgan fingerprint density at radius 3 is 2.24 bits per heavy atom. The van der Waals surface area contributed by atoms with Gasteiger partial charge in [0.25, 0.3) is 5.91 Å². The molecule has 3 aromatic rings. The Labute approximate surface area is 196 Å². The van der Waals surface area contributed by atoms with E-state index in [1.165, 1.54) is 40.5 Å². The van der Waals surface area contributed by atoms with Gasteiger partial charge in [0.15, 0.2) is 5.13 Å². The molecule has 11 heteroatoms. The molecule has 176 valence electrons. The standard InChI is InChI=1S/C23H18F3N3O4S/c24-23(25,26)33-17-7-3-14(4-8-17)11-18-12-27-22(34-18)28-21(32)16-5-1-15(2-6-16)13-29-19(30)9-10-20(29)31/h1-8,12H,9-11,13H2,(H,27,28,32). The van der Waals surface area contributed by atoms with Crippen molar-refractivity contribution in [3.8, 4) is 5.75 Å². The first-order valence-corrected chi connectivity index (χ1v) is 11.0. The molecule has 1 aliphatic heterocycles. The molecule has 4 rings (SSSR count). The molecule has 2 heterocycles. The van der Waals surface area contributed by atoms with Gasteiger partial charge >= 0.3 is 6.36 Å². The van der Waals surface area contributed by atoms with Crippen LogP contribution in [0.4, 0.5) is 18.3 Å². The Hall–Kier alpha value is -3.73. The number of carbonyl (C=O) groups excluding carboxylic acids is 3. The number of thiazole rings is 1. The van der Waals surface area contributed by atoms with E-state index in [2.05, 4.69) is 15.0 Å². The SMILES string of the molecule is O=C(Nc1ncc(Cc2ccc(OC(F)(F)F)cc2)s1)c1ccc(CN2C(=O)CCC2=O)cc1. The number of anilines is 1. The number of alkyl halides is 3. The van der Waals surface area contributed by atoms with E-state index in [-0.39, 0.29) is 42.9 Å². The Balaban J connectivity index is 1.32. The number of carbonyl (C=O) groups is 3. The molecule has 0 aliphatic carbocycles. The van der Waals surface area contributed by atoms with Crippen LogP contribution >= 0.6 is 11.3 Å². The van der Waals surface area contributed by atoms with E-state index in [4.69, 9.17) is 0 Å². The fraction of sp³-hybridized carbons (Fsp3) is 0.217. The van der Waals surface area contributed by atoms with Gasteiger partial charge in [-0.1, -0.05) is 24.3 Å². The second-order valence-electron chi connectivity index (χ2n) is 7.52. The average molecular weight is 489 g/mol. The lowest BCUT2D eigenvalue weighted by Crippen LogP contribution is -2.28. The smallest absolute Gasteiger partial charge is 0.406 e. The zero-order valence-corrected chi connectivity index (χ0v) is 18.4. The number of amides is 3. The predicted molar refractivity (Wildman–Crippen MR) is 117 cm³/mol. The van der Waals surface area contributed by atoms with Gasteiger partial charge in [-0.25, -0.2) is 4.98 Å². The minimum absolute atomic E-state index is 0.179. The van der Waals surface area contributed by atoms with Crippen LogP contribution in [0.5, 0.6) is 5.75 Å². The summed E-state index contributed by atoms with van der Waals surface area (Å²) in [5.74, 6) is -1.05. The van der Waals surface area contributed by atoms with Crippen LogP contribution in [0.1, 0.15) is 39.2 Å². The summed E-state index contributed by atoms with van der Waals surface area (Å²) in [6.45, 7) is 0.179. The van der Waals surface area contributed by atoms with Crippen molar-refractivity contribution in [2.75, 3.05) is 5.32 Å². The van der Waals surface area contributed by atoms with Crippen LogP contribution < -0.4 is 10.1 Å². The number of likely N-dealkylation sites (tertiary alicyclic amines) is 1. The van der Waals surface area contributed by atoms with Gasteiger partial charge in [-0.15, -0.1) is 24.5 Å². The van der Waals surface area contributed by atoms with E-state index >= 15 is 0 Å². The van der Waals surface area contributed by atoms with Gasteiger partial charge in [0, 0.05) is 35.9 Å². The molecule has 3 amide bonds. The zero-order chi connectivity index (χ0) is 24.3. The van der Waals surface area contributed by atoms with Gasteiger partial charge in [0.2, 0.25) is 11.8 Å². The van der Waals surface area contributed by atoms with Crippen LogP contribution in [0, 0.1) is 0 Å². The number of halogens is 3. The average Bonchev–Trinajstić information content (AvgIpc) is 3.35. The topological polar surface area (TPSA) is 88.6 Å². The monoisotopic (exact) mass is 489 g/mol. The van der Waals surface area contributed by atoms with E-state index in [1.807, 2.05) is 0 Å². The van der Waals surface area contributed by atoms with Crippen LogP contribution in [-0.4, -0.2) is 34.0 Å². The summed E-state index contributed by atoms with van der Waals surface area (Å²) < 4.78 is 40.6. The maximum absolute atomic E-state index is 12.5. The van der Waals surface area contributed by atoms with Crippen molar-refractivity contribution in [2.45, 2.75) is 32.2 Å². The Morgan fingerprint density at radius 2 is 1.62 bits per heavy atom. The number of hydrogen-bond donors (Lipinski definition) is 1. The minimum Gasteiger partial charge on any atom is -0.406 e. The molecule has 0 saturated carbocycles. The highest BCUT2D eigenvalue weighted by molar-refractivity contribution is 7.15. The normalized spacial score (nSPS) is 13.9. The zero-order valence-electron chi connectivity index (χ0n) is 17.6. The molecule has 0 radical (unpaired) electrons. The van der Waals surface area contributed by atoms with Gasteiger partial charge in [-0.3, -0.25) is 24.6 Å². The van der Waals surface area contributed by atoms with Crippen molar-refractivity contribution in [1.29, 1.82) is 0 Å². The summed E-state index contributed by atoms with van der Waals surface area (Å²) in [5, 5.41) is 3.09. The predicted octanol–water partition coefficient (Wildman–Crippen LogP) is 4.53. The third-order valence-electron chi connectivity index (χ3n) is 5.02. The molecule has 0 spiro atoms. The lowest BCUT2D eigenvalue weighted by molar-refractivity contribution is -0.274. The van der Waals surface area contributed by atoms with E-state index in [0.717, 1.165) is 16.0 Å². The fourth-order valence-electron chi connectivity index (χ4n) is 3.37. The van der Waals surface area contributed by atoms with Crippen LogP contribution in [-0.2, 0) is 22.6 Å². The molecule has 1 N–H and O–H groups in total. The van der Waals surface area contributed by atoms with Crippen molar-refractivity contribution in [2.24, 2.45) is 0 Å². The number of ether oxygens (including phenoxy) is 1. The lowest BCUT2D eigenvalue weighted by Gasteiger charge is -2.13. The van der Waals surface area contributed by atoms with Crippen molar-refractivity contribution in [1.82, 2.24) is 9.88 Å². The first-order valence-electron chi connectivity index (χ1n) is 10.2. The van der Waals surface area contributed by atoms with Gasteiger partial charge in [-0.05, 0) is 35.4 Å². The van der Waals surface area contributed by atoms with E-state index in [9.17, 15) is 27.6 Å². The van der Waals surface area contributed by atoms with Crippen LogP contribution in [0.15, 0.2) is 54.7 Å². The summed E-state index contributed by atoms with van der Waals surface area (Å²) >= 11 is 1.25. The van der Waals surface area contributed by atoms with Gasteiger partial charge in [0.1, 0.15) is 5.75 Å². The summed E-state index contributed by atoms with van der Waals surface area (Å²) in [7, 11) is 0. The minimum atomic E-state index is -4.74. The van der Waals surface area contributed by atoms with Gasteiger partial charge < -0.3 is 4.74 Å². The Bertz CT molecular complexity index is 1190. The third kappa shape index (κ3) is 5.98. The number of rotatable bonds is 7. The van der Waals surface area contributed by atoms with E-state index in [1.54, 1.807) is 30.5 Å². The molecule has 1 aliphatic rings. The second kappa shape index (κ2) is 9.64. The van der Waals surface area contributed by atoms with E-state index < -0.39 is 6.36 Å². The number of aromatic nitrogens is 1. The Morgan fingerprint density at radius 1 is 1.00 bits per heavy atom. The largest absolute Gasteiger partial charge is 0.573 e. The highest BCUT2D eigenvalue weighted by atomic mass is 32.1. The van der Waals surface area contributed by atoms with Crippen LogP contribution in [0.3, 0.4) is 0 Å². The van der Waals surface area contributed by atoms with Crippen molar-refractivity contribution in [3.63, 3.8) is 0 Å². The molecule has 7 nitrogen and oxygen atoms in total. The van der Waals surface area contributed by atoms with Crippen LogP contribution in [0.25, 0.3) is 0 Å². The summed E-state index contributed by atoms with van der Waals surface area (Å²) in [6.07, 6.45) is -2.26. The molecule has 1 fully saturated rings. The molecule has 0 atom stereocenters. The van der Waals surface area contributed by atoms with Crippen molar-refractivity contribution >= 4 is 34.2 Å². The van der Waals surface area contributed by atoms with Gasteiger partial charge in [0.05, 0.1) is 6.54 Å². The highest BCUT2D eigenvalue weighted by Gasteiger charge is 2.31. The summed E-state index contributed by atoms with van der Waals surface area (Å²) in [5.41, 5.74) is 1.89. The maximum atomic E-state index is 12.5. The number of nitrogens with zero attached hydrogens (tertiary/aromatic N) is 2. The highest BCUT2D eigenvalue weighted by Crippen LogP contribution is 2.26. The first kappa shape index (κ1) is 23.4. The van der Waals surface area contributed by atoms with Crippen molar-refractivity contribution < 1.29 is 32.3 Å². The first-order chi connectivity index (χ1) is 16.2. The molecule has 1 saturated heterocycles. The fourth-order valence-corrected chi connectivity index (χ4v) is 4.21. The number of benzene rings is 2. The molecule has 1 aromatic heterocycles. The van der Waals surface area contributed by atoms with Crippen LogP contribution in [0.2, 0.25) is 0 Å². The molecule has 0 bridgehead atoms. The molecule has 34 heavy (non-hydrogen) atoms. The summed E-state index contributed by atoms with van der Waals surface area (Å²) in [6, 6.07) is 12.1. The summed E-state index contributed by atoms with van der Waals surface area (Å²) in [4.78, 5) is 42.2. The number of hydrogen-bond acceptors (Lipinski definition) is 6. The molecular weight excluding hydrogens is 471 g/mol. The number of nitrogens with one attached hydrogen (secondary N) is 1. The second-order valence-corrected chi connectivity index (χ2v) is 8.64. The quantitative estimate of drug-likeness (QED) is 0.493. The van der Waals surface area contributed by atoms with Crippen molar-refractivity contribution in [3.05, 3.63) is 76.3 Å². The van der Waals surface area contributed by atoms with Gasteiger partial charge in [-0.2, -0.15) is 0 Å². The Kier molecular flexibility index (Phi) is 6.64. The molecule has 2 aromatic carbocycles. The lowest BCUT2D eigenvalue weighted by atomic mass is 10.1. The number of imide groups is 1. The maximum Gasteiger partial charge on any atom is 0.573 e. The van der Waals surface area contributed by atoms with E-state index in [0.29, 0.717) is 17.1 Å². The molecule has 0 unspecified atom stereocenters. The molecular formula is C23H18F3N3O4S.